The second-order valence-electron chi connectivity index (χ2n) is 8.11. The fourth-order valence-corrected chi connectivity index (χ4v) is 4.15. The molecule has 1 atom stereocenters. The highest BCUT2D eigenvalue weighted by molar-refractivity contribution is 5.94. The third-order valence-electron chi connectivity index (χ3n) is 6.17. The molecule has 5 nitrogen and oxygen atoms in total. The van der Waals surface area contributed by atoms with Gasteiger partial charge in [0.15, 0.2) is 5.78 Å². The topological polar surface area (TPSA) is 49.9 Å². The van der Waals surface area contributed by atoms with Crippen LogP contribution in [0, 0.1) is 0 Å². The van der Waals surface area contributed by atoms with Gasteiger partial charge < -0.3 is 14.5 Å². The molecule has 4 rings (SSSR count). The van der Waals surface area contributed by atoms with Crippen LogP contribution in [-0.4, -0.2) is 49.9 Å². The van der Waals surface area contributed by atoms with Crippen molar-refractivity contribution in [3.05, 3.63) is 71.8 Å². The molecule has 0 bridgehead atoms. The van der Waals surface area contributed by atoms with Crippen molar-refractivity contribution in [2.45, 2.75) is 19.8 Å². The van der Waals surface area contributed by atoms with Crippen molar-refractivity contribution in [1.29, 1.82) is 0 Å². The van der Waals surface area contributed by atoms with Crippen molar-refractivity contribution in [3.8, 4) is 5.75 Å². The SMILES string of the molecule is COc1ccc2cc([C@H](C)C(=O)N3CCN(c4ccc(C(C)=O)cc4)CC3)ccc2c1. The predicted octanol–water partition coefficient (Wildman–Crippen LogP) is 4.50. The van der Waals surface area contributed by atoms with Gasteiger partial charge in [0.2, 0.25) is 5.91 Å². The number of carbonyl (C=O) groups is 2. The van der Waals surface area contributed by atoms with Gasteiger partial charge in [0, 0.05) is 37.4 Å². The number of ketones is 1. The molecule has 1 saturated heterocycles. The molecule has 0 saturated carbocycles. The number of piperazine rings is 1. The zero-order valence-corrected chi connectivity index (χ0v) is 18.3. The van der Waals surface area contributed by atoms with E-state index in [1.165, 1.54) is 0 Å². The van der Waals surface area contributed by atoms with Crippen LogP contribution in [0.2, 0.25) is 0 Å². The van der Waals surface area contributed by atoms with Gasteiger partial charge in [0.1, 0.15) is 5.75 Å². The Labute approximate surface area is 183 Å². The second kappa shape index (κ2) is 8.80. The molecule has 0 radical (unpaired) electrons. The van der Waals surface area contributed by atoms with Crippen molar-refractivity contribution < 1.29 is 14.3 Å². The number of nitrogens with zero attached hydrogens (tertiary/aromatic N) is 2. The molecule has 3 aromatic rings. The van der Waals surface area contributed by atoms with E-state index in [1.807, 2.05) is 60.4 Å². The summed E-state index contributed by atoms with van der Waals surface area (Å²) >= 11 is 0. The lowest BCUT2D eigenvalue weighted by atomic mass is 9.96. The number of anilines is 1. The lowest BCUT2D eigenvalue weighted by Gasteiger charge is -2.37. The molecule has 3 aromatic carbocycles. The first-order valence-electron chi connectivity index (χ1n) is 10.7. The Bertz CT molecular complexity index is 1100. The molecule has 0 N–H and O–H groups in total. The van der Waals surface area contributed by atoms with Crippen LogP contribution in [0.5, 0.6) is 5.75 Å². The molecule has 1 aliphatic heterocycles. The quantitative estimate of drug-likeness (QED) is 0.575. The van der Waals surface area contributed by atoms with Gasteiger partial charge in [-0.2, -0.15) is 0 Å². The van der Waals surface area contributed by atoms with E-state index >= 15 is 0 Å². The summed E-state index contributed by atoms with van der Waals surface area (Å²) < 4.78 is 5.29. The maximum absolute atomic E-state index is 13.1. The average Bonchev–Trinajstić information content (AvgIpc) is 2.82. The number of methoxy groups -OCH3 is 1. The van der Waals surface area contributed by atoms with Crippen LogP contribution in [-0.2, 0) is 4.79 Å². The molecular weight excluding hydrogens is 388 g/mol. The first-order chi connectivity index (χ1) is 15.0. The van der Waals surface area contributed by atoms with Crippen molar-refractivity contribution in [3.63, 3.8) is 0 Å². The molecule has 0 unspecified atom stereocenters. The van der Waals surface area contributed by atoms with Crippen molar-refractivity contribution in [2.75, 3.05) is 38.2 Å². The Balaban J connectivity index is 1.41. The Morgan fingerprint density at radius 3 is 2.16 bits per heavy atom. The van der Waals surface area contributed by atoms with Gasteiger partial charge in [0.25, 0.3) is 0 Å². The maximum Gasteiger partial charge on any atom is 0.229 e. The number of rotatable bonds is 5. The molecule has 31 heavy (non-hydrogen) atoms. The minimum atomic E-state index is -0.187. The summed E-state index contributed by atoms with van der Waals surface area (Å²) in [7, 11) is 1.66. The third kappa shape index (κ3) is 4.41. The number of fused-ring (bicyclic) bond motifs is 1. The molecule has 1 fully saturated rings. The van der Waals surface area contributed by atoms with E-state index in [1.54, 1.807) is 14.0 Å². The van der Waals surface area contributed by atoms with E-state index in [4.69, 9.17) is 4.74 Å². The first kappa shape index (κ1) is 20.9. The predicted molar refractivity (Wildman–Crippen MR) is 124 cm³/mol. The average molecular weight is 417 g/mol. The van der Waals surface area contributed by atoms with Crippen molar-refractivity contribution in [1.82, 2.24) is 4.90 Å². The van der Waals surface area contributed by atoms with Gasteiger partial charge in [-0.15, -0.1) is 0 Å². The standard InChI is InChI=1S/C26H28N2O3/c1-18(21-4-5-23-17-25(31-3)11-8-22(23)16-21)26(30)28-14-12-27(13-15-28)24-9-6-20(7-10-24)19(2)29/h4-11,16-18H,12-15H2,1-3H3/t18-/m0/s1. The summed E-state index contributed by atoms with van der Waals surface area (Å²) in [4.78, 5) is 28.8. The van der Waals surface area contributed by atoms with Crippen molar-refractivity contribution in [2.24, 2.45) is 0 Å². The molecule has 160 valence electrons. The van der Waals surface area contributed by atoms with E-state index in [2.05, 4.69) is 17.0 Å². The number of hydrogen-bond acceptors (Lipinski definition) is 4. The Morgan fingerprint density at radius 1 is 0.871 bits per heavy atom. The number of amides is 1. The van der Waals surface area contributed by atoms with Crippen LogP contribution in [0.25, 0.3) is 10.8 Å². The lowest BCUT2D eigenvalue weighted by molar-refractivity contribution is -0.132. The molecule has 1 heterocycles. The Morgan fingerprint density at radius 2 is 1.52 bits per heavy atom. The van der Waals surface area contributed by atoms with Gasteiger partial charge in [0.05, 0.1) is 13.0 Å². The summed E-state index contributed by atoms with van der Waals surface area (Å²) in [6.45, 7) is 6.53. The summed E-state index contributed by atoms with van der Waals surface area (Å²) in [6, 6.07) is 19.9. The van der Waals surface area contributed by atoms with Gasteiger partial charge in [-0.3, -0.25) is 9.59 Å². The highest BCUT2D eigenvalue weighted by Crippen LogP contribution is 2.27. The summed E-state index contributed by atoms with van der Waals surface area (Å²) in [6.07, 6.45) is 0. The number of Topliss-reactive ketones (excluding diaryl/α,β-unsaturated/α-hetero) is 1. The first-order valence-corrected chi connectivity index (χ1v) is 10.7. The third-order valence-corrected chi connectivity index (χ3v) is 6.17. The second-order valence-corrected chi connectivity index (χ2v) is 8.11. The molecule has 5 heteroatoms. The zero-order chi connectivity index (χ0) is 22.0. The van der Waals surface area contributed by atoms with Gasteiger partial charge in [-0.05, 0) is 66.6 Å². The highest BCUT2D eigenvalue weighted by atomic mass is 16.5. The largest absolute Gasteiger partial charge is 0.497 e. The van der Waals surface area contributed by atoms with Gasteiger partial charge >= 0.3 is 0 Å². The minimum Gasteiger partial charge on any atom is -0.497 e. The molecule has 0 aromatic heterocycles. The maximum atomic E-state index is 13.1. The summed E-state index contributed by atoms with van der Waals surface area (Å²) in [5, 5.41) is 2.21. The van der Waals surface area contributed by atoms with E-state index in [0.29, 0.717) is 13.1 Å². The number of carbonyl (C=O) groups excluding carboxylic acids is 2. The van der Waals surface area contributed by atoms with E-state index in [9.17, 15) is 9.59 Å². The van der Waals surface area contributed by atoms with E-state index in [0.717, 1.165) is 46.4 Å². The molecular formula is C26H28N2O3. The summed E-state index contributed by atoms with van der Waals surface area (Å²) in [5.41, 5.74) is 2.85. The number of hydrogen-bond donors (Lipinski definition) is 0. The van der Waals surface area contributed by atoms with Crippen LogP contribution in [0.15, 0.2) is 60.7 Å². The number of ether oxygens (including phenoxy) is 1. The van der Waals surface area contributed by atoms with Crippen LogP contribution in [0.3, 0.4) is 0 Å². The summed E-state index contributed by atoms with van der Waals surface area (Å²) in [5.74, 6) is 0.884. The Hall–Kier alpha value is -3.34. The smallest absolute Gasteiger partial charge is 0.229 e. The van der Waals surface area contributed by atoms with Crippen LogP contribution in [0.4, 0.5) is 5.69 Å². The van der Waals surface area contributed by atoms with Crippen molar-refractivity contribution >= 4 is 28.2 Å². The van der Waals surface area contributed by atoms with Gasteiger partial charge in [-0.1, -0.05) is 24.3 Å². The monoisotopic (exact) mass is 416 g/mol. The molecule has 0 aliphatic carbocycles. The van der Waals surface area contributed by atoms with Gasteiger partial charge in [-0.25, -0.2) is 0 Å². The molecule has 1 aliphatic rings. The Kier molecular flexibility index (Phi) is 5.94. The molecule has 1 amide bonds. The number of benzene rings is 3. The zero-order valence-electron chi connectivity index (χ0n) is 18.3. The lowest BCUT2D eigenvalue weighted by Crippen LogP contribution is -2.49. The van der Waals surface area contributed by atoms with Crippen LogP contribution in [0.1, 0.15) is 35.7 Å². The fraction of sp³-hybridized carbons (Fsp3) is 0.308. The minimum absolute atomic E-state index is 0.0729. The van der Waals surface area contributed by atoms with Crippen LogP contribution < -0.4 is 9.64 Å². The van der Waals surface area contributed by atoms with E-state index < -0.39 is 0 Å². The molecule has 0 spiro atoms. The van der Waals surface area contributed by atoms with Crippen LogP contribution >= 0.6 is 0 Å². The normalized spacial score (nSPS) is 15.1. The van der Waals surface area contributed by atoms with E-state index in [-0.39, 0.29) is 17.6 Å². The fourth-order valence-electron chi connectivity index (χ4n) is 4.15. The highest BCUT2D eigenvalue weighted by Gasteiger charge is 2.26.